The Hall–Kier alpha value is -1.74. The smallest absolute Gasteiger partial charge is 0.129 e. The van der Waals surface area contributed by atoms with E-state index in [0.29, 0.717) is 6.61 Å². The van der Waals surface area contributed by atoms with Crippen LogP contribution in [0.1, 0.15) is 5.56 Å². The van der Waals surface area contributed by atoms with Crippen molar-refractivity contribution in [2.24, 2.45) is 0 Å². The molecule has 3 aromatic rings. The van der Waals surface area contributed by atoms with Gasteiger partial charge in [-0.25, -0.2) is 0 Å². The normalized spacial score (nSPS) is 12.9. The second-order valence-electron chi connectivity index (χ2n) is 4.45. The lowest BCUT2D eigenvalue weighted by atomic mass is 10.0. The van der Waals surface area contributed by atoms with Crippen LogP contribution in [0.5, 0.6) is 5.75 Å². The van der Waals surface area contributed by atoms with Crippen molar-refractivity contribution in [3.05, 3.63) is 52.5 Å². The Kier molecular flexibility index (Phi) is 2.06. The first-order valence-corrected chi connectivity index (χ1v) is 6.64. The molecule has 18 heavy (non-hydrogen) atoms. The van der Waals surface area contributed by atoms with E-state index in [1.807, 2.05) is 18.2 Å². The van der Waals surface area contributed by atoms with Crippen LogP contribution in [0, 0.1) is 0 Å². The van der Waals surface area contributed by atoms with Gasteiger partial charge in [0.25, 0.3) is 0 Å². The highest BCUT2D eigenvalue weighted by atomic mass is 79.9. The summed E-state index contributed by atoms with van der Waals surface area (Å²) >= 11 is 3.52. The lowest BCUT2D eigenvalue weighted by Crippen LogP contribution is -2.03. The van der Waals surface area contributed by atoms with Gasteiger partial charge in [-0.15, -0.1) is 0 Å². The van der Waals surface area contributed by atoms with Gasteiger partial charge in [-0.1, -0.05) is 28.1 Å². The van der Waals surface area contributed by atoms with Gasteiger partial charge in [0, 0.05) is 26.5 Å². The Bertz CT molecular complexity index is 760. The average molecular weight is 300 g/mol. The van der Waals surface area contributed by atoms with Crippen LogP contribution in [0.15, 0.2) is 46.9 Å². The molecule has 88 valence electrons. The van der Waals surface area contributed by atoms with Gasteiger partial charge in [0.05, 0.1) is 5.69 Å². The standard InChI is InChI=1S/C15H10BrNO/c16-9-5-6-13-11(7-9)12-8-18-14-4-2-1-3-10(14)15(12)17-13/h1-7,17H,8H2. The number of hydrogen-bond donors (Lipinski definition) is 1. The fourth-order valence-corrected chi connectivity index (χ4v) is 2.91. The summed E-state index contributed by atoms with van der Waals surface area (Å²) in [4.78, 5) is 3.50. The van der Waals surface area contributed by atoms with Crippen LogP contribution < -0.4 is 4.74 Å². The van der Waals surface area contributed by atoms with E-state index in [2.05, 4.69) is 45.2 Å². The maximum absolute atomic E-state index is 5.82. The van der Waals surface area contributed by atoms with E-state index in [1.165, 1.54) is 16.6 Å². The zero-order valence-electron chi connectivity index (χ0n) is 9.53. The highest BCUT2D eigenvalue weighted by molar-refractivity contribution is 9.10. The third-order valence-corrected chi connectivity index (χ3v) is 3.89. The second-order valence-corrected chi connectivity index (χ2v) is 5.37. The van der Waals surface area contributed by atoms with Crippen molar-refractivity contribution >= 4 is 26.8 Å². The SMILES string of the molecule is Brc1ccc2[nH]c3c(c2c1)COc1ccccc1-3. The monoisotopic (exact) mass is 299 g/mol. The summed E-state index contributed by atoms with van der Waals surface area (Å²) < 4.78 is 6.91. The Morgan fingerprint density at radius 2 is 2.00 bits per heavy atom. The fraction of sp³-hybridized carbons (Fsp3) is 0.0667. The van der Waals surface area contributed by atoms with Crippen molar-refractivity contribution in [2.75, 3.05) is 0 Å². The van der Waals surface area contributed by atoms with E-state index in [1.54, 1.807) is 0 Å². The number of aromatic amines is 1. The maximum atomic E-state index is 5.82. The molecule has 0 spiro atoms. The lowest BCUT2D eigenvalue weighted by molar-refractivity contribution is 0.303. The molecule has 2 heterocycles. The number of hydrogen-bond acceptors (Lipinski definition) is 1. The van der Waals surface area contributed by atoms with Crippen LogP contribution in [0.25, 0.3) is 22.2 Å². The molecule has 3 heteroatoms. The maximum Gasteiger partial charge on any atom is 0.129 e. The minimum Gasteiger partial charge on any atom is -0.488 e. The number of benzene rings is 2. The molecule has 0 saturated heterocycles. The molecule has 0 atom stereocenters. The molecule has 0 bridgehead atoms. The molecule has 1 aliphatic rings. The highest BCUT2D eigenvalue weighted by Gasteiger charge is 2.21. The van der Waals surface area contributed by atoms with Gasteiger partial charge < -0.3 is 9.72 Å². The zero-order valence-corrected chi connectivity index (χ0v) is 11.1. The summed E-state index contributed by atoms with van der Waals surface area (Å²) in [5.41, 5.74) is 4.73. The molecular formula is C15H10BrNO. The van der Waals surface area contributed by atoms with Crippen molar-refractivity contribution < 1.29 is 4.74 Å². The molecule has 1 aromatic heterocycles. The molecule has 2 aromatic carbocycles. The molecule has 0 aliphatic carbocycles. The number of aromatic nitrogens is 1. The van der Waals surface area contributed by atoms with Crippen molar-refractivity contribution in [1.29, 1.82) is 0 Å². The predicted octanol–water partition coefficient (Wildman–Crippen LogP) is 4.49. The number of ether oxygens (including phenoxy) is 1. The van der Waals surface area contributed by atoms with E-state index in [9.17, 15) is 0 Å². The summed E-state index contributed by atoms with van der Waals surface area (Å²) in [6, 6.07) is 14.4. The molecular weight excluding hydrogens is 290 g/mol. The van der Waals surface area contributed by atoms with Crippen LogP contribution in [0.3, 0.4) is 0 Å². The molecule has 0 saturated carbocycles. The van der Waals surface area contributed by atoms with Crippen LogP contribution in [-0.2, 0) is 6.61 Å². The van der Waals surface area contributed by atoms with Crippen LogP contribution >= 0.6 is 15.9 Å². The lowest BCUT2D eigenvalue weighted by Gasteiger charge is -2.17. The first-order chi connectivity index (χ1) is 8.83. The van der Waals surface area contributed by atoms with Gasteiger partial charge in [0.15, 0.2) is 0 Å². The summed E-state index contributed by atoms with van der Waals surface area (Å²) in [6.07, 6.45) is 0. The van der Waals surface area contributed by atoms with Gasteiger partial charge in [0.1, 0.15) is 12.4 Å². The van der Waals surface area contributed by atoms with Crippen LogP contribution in [0.4, 0.5) is 0 Å². The summed E-state index contributed by atoms with van der Waals surface area (Å²) in [5, 5.41) is 1.23. The molecule has 0 unspecified atom stereocenters. The number of nitrogens with one attached hydrogen (secondary N) is 1. The number of rotatable bonds is 0. The Morgan fingerprint density at radius 3 is 2.94 bits per heavy atom. The third kappa shape index (κ3) is 1.34. The summed E-state index contributed by atoms with van der Waals surface area (Å²) in [5.74, 6) is 0.954. The van der Waals surface area contributed by atoms with Gasteiger partial charge >= 0.3 is 0 Å². The van der Waals surface area contributed by atoms with E-state index in [0.717, 1.165) is 21.3 Å². The van der Waals surface area contributed by atoms with E-state index in [-0.39, 0.29) is 0 Å². The molecule has 0 fully saturated rings. The number of fused-ring (bicyclic) bond motifs is 5. The Labute approximate surface area is 113 Å². The summed E-state index contributed by atoms with van der Waals surface area (Å²) in [6.45, 7) is 0.628. The topological polar surface area (TPSA) is 25.0 Å². The van der Waals surface area contributed by atoms with Gasteiger partial charge in [-0.3, -0.25) is 0 Å². The molecule has 0 radical (unpaired) electrons. The van der Waals surface area contributed by atoms with Crippen molar-refractivity contribution in [1.82, 2.24) is 4.98 Å². The molecule has 2 nitrogen and oxygen atoms in total. The zero-order chi connectivity index (χ0) is 12.1. The summed E-state index contributed by atoms with van der Waals surface area (Å²) in [7, 11) is 0. The van der Waals surface area contributed by atoms with Crippen LogP contribution in [-0.4, -0.2) is 4.98 Å². The number of para-hydroxylation sites is 1. The second kappa shape index (κ2) is 3.62. The third-order valence-electron chi connectivity index (χ3n) is 3.40. The average Bonchev–Trinajstić information content (AvgIpc) is 2.77. The Morgan fingerprint density at radius 1 is 1.11 bits per heavy atom. The molecule has 1 aliphatic heterocycles. The van der Waals surface area contributed by atoms with Crippen molar-refractivity contribution in [3.63, 3.8) is 0 Å². The molecule has 0 amide bonds. The minimum absolute atomic E-state index is 0.628. The van der Waals surface area contributed by atoms with Crippen LogP contribution in [0.2, 0.25) is 0 Å². The predicted molar refractivity (Wildman–Crippen MR) is 75.8 cm³/mol. The largest absolute Gasteiger partial charge is 0.488 e. The van der Waals surface area contributed by atoms with E-state index >= 15 is 0 Å². The first kappa shape index (κ1) is 10.2. The Balaban J connectivity index is 2.08. The highest BCUT2D eigenvalue weighted by Crippen LogP contribution is 2.40. The van der Waals surface area contributed by atoms with Gasteiger partial charge in [-0.05, 0) is 30.3 Å². The van der Waals surface area contributed by atoms with E-state index < -0.39 is 0 Å². The fourth-order valence-electron chi connectivity index (χ4n) is 2.55. The molecule has 4 rings (SSSR count). The van der Waals surface area contributed by atoms with Gasteiger partial charge in [-0.2, -0.15) is 0 Å². The van der Waals surface area contributed by atoms with E-state index in [4.69, 9.17) is 4.74 Å². The number of H-pyrrole nitrogens is 1. The first-order valence-electron chi connectivity index (χ1n) is 5.85. The number of halogens is 1. The minimum atomic E-state index is 0.628. The van der Waals surface area contributed by atoms with Gasteiger partial charge in [0.2, 0.25) is 0 Å². The van der Waals surface area contributed by atoms with Crippen molar-refractivity contribution in [3.8, 4) is 17.0 Å². The molecule has 1 N–H and O–H groups in total. The quantitative estimate of drug-likeness (QED) is 0.650. The van der Waals surface area contributed by atoms with Crippen molar-refractivity contribution in [2.45, 2.75) is 6.61 Å².